The van der Waals surface area contributed by atoms with Gasteiger partial charge in [-0.15, -0.1) is 10.2 Å². The van der Waals surface area contributed by atoms with Crippen LogP contribution in [0.15, 0.2) is 38.8 Å². The van der Waals surface area contributed by atoms with Gasteiger partial charge in [0.1, 0.15) is 0 Å². The summed E-state index contributed by atoms with van der Waals surface area (Å²) < 4.78 is 37.5. The van der Waals surface area contributed by atoms with Crippen molar-refractivity contribution in [3.63, 3.8) is 0 Å². The van der Waals surface area contributed by atoms with Gasteiger partial charge in [-0.25, -0.2) is 13.2 Å². The van der Waals surface area contributed by atoms with Crippen LogP contribution in [0.25, 0.3) is 11.5 Å². The second kappa shape index (κ2) is 8.68. The third-order valence-corrected chi connectivity index (χ3v) is 6.40. The molecule has 1 aliphatic heterocycles. The molecule has 11 nitrogen and oxygen atoms in total. The molecule has 13 heteroatoms. The van der Waals surface area contributed by atoms with Crippen LogP contribution in [0, 0.1) is 0 Å². The molecule has 0 unspecified atom stereocenters. The highest BCUT2D eigenvalue weighted by Gasteiger charge is 2.27. The molecule has 3 amide bonds. The molecule has 0 bridgehead atoms. The van der Waals surface area contributed by atoms with E-state index in [2.05, 4.69) is 10.2 Å². The summed E-state index contributed by atoms with van der Waals surface area (Å²) in [4.78, 5) is 22.1. The SMILES string of the molecule is NC(=O)NC(=O)CSc1nnc(-c2cccc(S(=O)(=O)N3CCOCC3)c2)o1. The summed E-state index contributed by atoms with van der Waals surface area (Å²) in [6.07, 6.45) is 0. The highest BCUT2D eigenvalue weighted by molar-refractivity contribution is 7.99. The van der Waals surface area contributed by atoms with E-state index in [0.29, 0.717) is 31.9 Å². The average Bonchev–Trinajstić information content (AvgIpc) is 3.16. The standard InChI is InChI=1S/C15H17N5O6S2/c16-14(22)17-12(21)9-27-15-19-18-13(26-15)10-2-1-3-11(8-10)28(23,24)20-4-6-25-7-5-20/h1-3,8H,4-7,9H2,(H3,16,17,21,22). The average molecular weight is 427 g/mol. The maximum absolute atomic E-state index is 12.8. The maximum Gasteiger partial charge on any atom is 0.318 e. The van der Waals surface area contributed by atoms with Gasteiger partial charge in [0.05, 0.1) is 23.9 Å². The van der Waals surface area contributed by atoms with Crippen molar-refractivity contribution in [2.24, 2.45) is 5.73 Å². The molecular weight excluding hydrogens is 410 g/mol. The smallest absolute Gasteiger partial charge is 0.318 e. The molecule has 3 rings (SSSR count). The zero-order valence-electron chi connectivity index (χ0n) is 14.5. The second-order valence-electron chi connectivity index (χ2n) is 5.62. The van der Waals surface area contributed by atoms with Crippen molar-refractivity contribution < 1.29 is 27.2 Å². The molecule has 1 fully saturated rings. The van der Waals surface area contributed by atoms with Gasteiger partial charge in [0.25, 0.3) is 5.22 Å². The molecule has 0 atom stereocenters. The number of aromatic nitrogens is 2. The summed E-state index contributed by atoms with van der Waals surface area (Å²) >= 11 is 0.918. The zero-order valence-corrected chi connectivity index (χ0v) is 16.2. The van der Waals surface area contributed by atoms with E-state index in [4.69, 9.17) is 14.9 Å². The van der Waals surface area contributed by atoms with Crippen LogP contribution in [0.4, 0.5) is 4.79 Å². The highest BCUT2D eigenvalue weighted by Crippen LogP contribution is 2.26. The molecule has 150 valence electrons. The Morgan fingerprint density at radius 3 is 2.71 bits per heavy atom. The number of sulfonamides is 1. The largest absolute Gasteiger partial charge is 0.411 e. The number of carbonyl (C=O) groups is 2. The number of thioether (sulfide) groups is 1. The van der Waals surface area contributed by atoms with Crippen LogP contribution >= 0.6 is 11.8 Å². The van der Waals surface area contributed by atoms with Crippen molar-refractivity contribution in [3.05, 3.63) is 24.3 Å². The number of primary amides is 1. The minimum atomic E-state index is -3.66. The molecule has 2 heterocycles. The van der Waals surface area contributed by atoms with Crippen molar-refractivity contribution in [2.75, 3.05) is 32.1 Å². The van der Waals surface area contributed by atoms with Gasteiger partial charge in [0, 0.05) is 18.7 Å². The third kappa shape index (κ3) is 4.86. The number of benzene rings is 1. The summed E-state index contributed by atoms with van der Waals surface area (Å²) in [5, 5.41) is 9.68. The molecule has 0 radical (unpaired) electrons. The molecule has 1 saturated heterocycles. The molecule has 28 heavy (non-hydrogen) atoms. The van der Waals surface area contributed by atoms with E-state index in [0.717, 1.165) is 11.8 Å². The Morgan fingerprint density at radius 2 is 2.00 bits per heavy atom. The van der Waals surface area contributed by atoms with Gasteiger partial charge < -0.3 is 14.9 Å². The van der Waals surface area contributed by atoms with Gasteiger partial charge in [0.15, 0.2) is 0 Å². The fourth-order valence-electron chi connectivity index (χ4n) is 2.41. The molecule has 2 aromatic rings. The van der Waals surface area contributed by atoms with Crippen molar-refractivity contribution in [1.29, 1.82) is 0 Å². The van der Waals surface area contributed by atoms with E-state index in [1.165, 1.54) is 16.4 Å². The van der Waals surface area contributed by atoms with Crippen LogP contribution in [-0.2, 0) is 19.6 Å². The van der Waals surface area contributed by atoms with E-state index in [-0.39, 0.29) is 21.8 Å². The van der Waals surface area contributed by atoms with E-state index < -0.39 is 22.0 Å². The lowest BCUT2D eigenvalue weighted by atomic mass is 10.2. The fraction of sp³-hybridized carbons (Fsp3) is 0.333. The topological polar surface area (TPSA) is 158 Å². The summed E-state index contributed by atoms with van der Waals surface area (Å²) in [7, 11) is -3.66. The number of morpholine rings is 1. The van der Waals surface area contributed by atoms with Gasteiger partial charge in [-0.2, -0.15) is 4.31 Å². The van der Waals surface area contributed by atoms with Gasteiger partial charge in [-0.1, -0.05) is 17.8 Å². The number of rotatable bonds is 6. The number of nitrogens with two attached hydrogens (primary N) is 1. The molecule has 1 aliphatic rings. The minimum absolute atomic E-state index is 0.0936. The summed E-state index contributed by atoms with van der Waals surface area (Å²) in [6.45, 7) is 1.29. The van der Waals surface area contributed by atoms with E-state index in [9.17, 15) is 18.0 Å². The Labute approximate surface area is 164 Å². The van der Waals surface area contributed by atoms with Crippen molar-refractivity contribution >= 4 is 33.7 Å². The number of nitrogens with one attached hydrogen (secondary N) is 1. The first-order valence-corrected chi connectivity index (χ1v) is 10.5. The van der Waals surface area contributed by atoms with Crippen molar-refractivity contribution in [2.45, 2.75) is 10.1 Å². The molecular formula is C15H17N5O6S2. The lowest BCUT2D eigenvalue weighted by Crippen LogP contribution is -2.40. The molecule has 0 spiro atoms. The summed E-state index contributed by atoms with van der Waals surface area (Å²) in [5.74, 6) is -0.636. The minimum Gasteiger partial charge on any atom is -0.411 e. The maximum atomic E-state index is 12.8. The number of carbonyl (C=O) groups excluding carboxylic acids is 2. The van der Waals surface area contributed by atoms with E-state index >= 15 is 0 Å². The van der Waals surface area contributed by atoms with Crippen molar-refractivity contribution in [1.82, 2.24) is 19.8 Å². The monoisotopic (exact) mass is 427 g/mol. The Kier molecular flexibility index (Phi) is 6.28. The van der Waals surface area contributed by atoms with Crippen LogP contribution < -0.4 is 11.1 Å². The van der Waals surface area contributed by atoms with Gasteiger partial charge in [-0.3, -0.25) is 10.1 Å². The van der Waals surface area contributed by atoms with Crippen LogP contribution in [0.3, 0.4) is 0 Å². The molecule has 0 aliphatic carbocycles. The number of hydrogen-bond donors (Lipinski definition) is 2. The number of nitrogens with zero attached hydrogens (tertiary/aromatic N) is 3. The molecule has 3 N–H and O–H groups in total. The summed E-state index contributed by atoms with van der Waals surface area (Å²) in [5.41, 5.74) is 5.28. The predicted molar refractivity (Wildman–Crippen MR) is 97.8 cm³/mol. The Morgan fingerprint density at radius 1 is 1.25 bits per heavy atom. The van der Waals surface area contributed by atoms with Crippen molar-refractivity contribution in [3.8, 4) is 11.5 Å². The van der Waals surface area contributed by atoms with E-state index in [1.54, 1.807) is 12.1 Å². The number of urea groups is 1. The normalized spacial score (nSPS) is 15.3. The zero-order chi connectivity index (χ0) is 20.1. The fourth-order valence-corrected chi connectivity index (χ4v) is 4.43. The Hall–Kier alpha value is -2.48. The summed E-state index contributed by atoms with van der Waals surface area (Å²) in [6, 6.07) is 5.22. The lowest BCUT2D eigenvalue weighted by Gasteiger charge is -2.26. The Bertz CT molecular complexity index is 971. The van der Waals surface area contributed by atoms with E-state index in [1.807, 2.05) is 5.32 Å². The Balaban J connectivity index is 1.73. The molecule has 1 aromatic heterocycles. The van der Waals surface area contributed by atoms with Crippen LogP contribution in [-0.4, -0.2) is 66.9 Å². The number of imide groups is 1. The number of hydrogen-bond acceptors (Lipinski definition) is 9. The highest BCUT2D eigenvalue weighted by atomic mass is 32.2. The third-order valence-electron chi connectivity index (χ3n) is 3.68. The van der Waals surface area contributed by atoms with Crippen LogP contribution in [0.5, 0.6) is 0 Å². The van der Waals surface area contributed by atoms with Gasteiger partial charge >= 0.3 is 6.03 Å². The molecule has 1 aromatic carbocycles. The lowest BCUT2D eigenvalue weighted by molar-refractivity contribution is -0.117. The predicted octanol–water partition coefficient (Wildman–Crippen LogP) is 0.0445. The van der Waals surface area contributed by atoms with Crippen LogP contribution in [0.1, 0.15) is 0 Å². The first kappa shape index (κ1) is 20.3. The number of ether oxygens (including phenoxy) is 1. The van der Waals surface area contributed by atoms with Crippen LogP contribution in [0.2, 0.25) is 0 Å². The molecule has 0 saturated carbocycles. The van der Waals surface area contributed by atoms with Gasteiger partial charge in [-0.05, 0) is 18.2 Å². The second-order valence-corrected chi connectivity index (χ2v) is 8.48. The first-order valence-electron chi connectivity index (χ1n) is 8.10. The quantitative estimate of drug-likeness (QED) is 0.607. The van der Waals surface area contributed by atoms with Gasteiger partial charge in [0.2, 0.25) is 21.8 Å². The first-order chi connectivity index (χ1) is 13.4. The number of amides is 3.